The summed E-state index contributed by atoms with van der Waals surface area (Å²) in [6, 6.07) is 18.1. The van der Waals surface area contributed by atoms with E-state index < -0.39 is 0 Å². The molecule has 29 heavy (non-hydrogen) atoms. The number of methoxy groups -OCH3 is 1. The number of ether oxygens (including phenoxy) is 1. The molecule has 2 N–H and O–H groups in total. The van der Waals surface area contributed by atoms with Crippen LogP contribution in [0.2, 0.25) is 0 Å². The predicted octanol–water partition coefficient (Wildman–Crippen LogP) is 1.37. The molecule has 0 unspecified atom stereocenters. The summed E-state index contributed by atoms with van der Waals surface area (Å²) in [6.45, 7) is 0.574. The molecule has 7 nitrogen and oxygen atoms in total. The van der Waals surface area contributed by atoms with Gasteiger partial charge in [0.2, 0.25) is 5.91 Å². The first-order valence-electron chi connectivity index (χ1n) is 9.38. The molecule has 1 amide bonds. The number of aromatic nitrogens is 3. The van der Waals surface area contributed by atoms with Crippen molar-refractivity contribution < 1.29 is 14.4 Å². The molecule has 0 saturated heterocycles. The Morgan fingerprint density at radius 3 is 2.62 bits per heavy atom. The number of benzene rings is 2. The maximum atomic E-state index is 12.4. The molecular weight excluding hydrogens is 386 g/mol. The van der Waals surface area contributed by atoms with Crippen LogP contribution < -0.4 is 15.0 Å². The molecule has 1 aromatic heterocycles. The Hall–Kier alpha value is -2.84. The highest BCUT2D eigenvalue weighted by atomic mass is 32.2. The van der Waals surface area contributed by atoms with E-state index in [4.69, 9.17) is 4.74 Å². The van der Waals surface area contributed by atoms with Crippen molar-refractivity contribution in [3.63, 3.8) is 0 Å². The minimum atomic E-state index is -0.0354. The molecule has 0 aliphatic carbocycles. The average molecular weight is 413 g/mol. The third-order valence-corrected chi connectivity index (χ3v) is 5.54. The van der Waals surface area contributed by atoms with Crippen LogP contribution in [0.15, 0.2) is 66.1 Å². The predicted molar refractivity (Wildman–Crippen MR) is 114 cm³/mol. The largest absolute Gasteiger partial charge is 0.495 e. The summed E-state index contributed by atoms with van der Waals surface area (Å²) in [5.41, 5.74) is 2.04. The normalized spacial score (nSPS) is 12.0. The summed E-state index contributed by atoms with van der Waals surface area (Å²) in [6.07, 6.45) is 1.62. The van der Waals surface area contributed by atoms with Crippen molar-refractivity contribution in [1.29, 1.82) is 0 Å². The number of carbonyl (C=O) groups excluding carboxylic acids is 1. The number of amides is 1. The molecule has 3 rings (SSSR count). The van der Waals surface area contributed by atoms with Gasteiger partial charge in [-0.2, -0.15) is 0 Å². The van der Waals surface area contributed by atoms with E-state index in [1.54, 1.807) is 13.4 Å². The number of quaternary nitrogens is 1. The molecule has 0 radical (unpaired) electrons. The van der Waals surface area contributed by atoms with Gasteiger partial charge in [0.05, 0.1) is 39.2 Å². The van der Waals surface area contributed by atoms with Gasteiger partial charge in [0.25, 0.3) is 0 Å². The first-order chi connectivity index (χ1) is 14.1. The maximum absolute atomic E-state index is 12.4. The fourth-order valence-corrected chi connectivity index (χ4v) is 3.81. The fourth-order valence-electron chi connectivity index (χ4n) is 3.05. The van der Waals surface area contributed by atoms with Gasteiger partial charge in [-0.25, -0.2) is 0 Å². The van der Waals surface area contributed by atoms with Crippen molar-refractivity contribution in [2.75, 3.05) is 33.5 Å². The number of hydrogen-bond acceptors (Lipinski definition) is 5. The van der Waals surface area contributed by atoms with Crippen LogP contribution in [0.25, 0.3) is 5.69 Å². The first kappa shape index (κ1) is 20.9. The Bertz CT molecular complexity index is 930. The van der Waals surface area contributed by atoms with E-state index in [-0.39, 0.29) is 17.7 Å². The maximum Gasteiger partial charge on any atom is 0.230 e. The van der Waals surface area contributed by atoms with Crippen LogP contribution >= 0.6 is 11.8 Å². The van der Waals surface area contributed by atoms with E-state index in [1.165, 1.54) is 22.2 Å². The van der Waals surface area contributed by atoms with Crippen LogP contribution in [0, 0.1) is 0 Å². The van der Waals surface area contributed by atoms with Crippen LogP contribution in [0.1, 0.15) is 11.6 Å². The zero-order valence-corrected chi connectivity index (χ0v) is 17.6. The third-order valence-electron chi connectivity index (χ3n) is 4.60. The molecular formula is C21H26N5O2S+. The number of likely N-dealkylation sites (N-methyl/N-ethyl adjacent to an activating group) is 1. The standard InChI is InChI=1S/C21H25N5O2S/c1-25(2)18(16-9-5-4-6-10-16)13-22-20(27)14-29-21-24-23-15-26(21)17-11-7-8-12-19(17)28-3/h4-12,15,18H,13-14H2,1-3H3,(H,22,27)/p+1/t18-/m1/s1. The van der Waals surface area contributed by atoms with Gasteiger partial charge in [-0.15, -0.1) is 10.2 Å². The summed E-state index contributed by atoms with van der Waals surface area (Å²) in [4.78, 5) is 13.7. The van der Waals surface area contributed by atoms with Gasteiger partial charge < -0.3 is 15.0 Å². The lowest BCUT2D eigenvalue weighted by Crippen LogP contribution is -3.07. The van der Waals surface area contributed by atoms with Gasteiger partial charge in [-0.05, 0) is 12.1 Å². The van der Waals surface area contributed by atoms with Crippen molar-refractivity contribution in [3.05, 3.63) is 66.5 Å². The van der Waals surface area contributed by atoms with Crippen LogP contribution in [-0.4, -0.2) is 54.2 Å². The Kier molecular flexibility index (Phi) is 7.26. The van der Waals surface area contributed by atoms with E-state index in [9.17, 15) is 4.79 Å². The number of thioether (sulfide) groups is 1. The van der Waals surface area contributed by atoms with Crippen molar-refractivity contribution >= 4 is 17.7 Å². The first-order valence-corrected chi connectivity index (χ1v) is 10.4. The van der Waals surface area contributed by atoms with E-state index in [2.05, 4.69) is 41.7 Å². The third kappa shape index (κ3) is 5.36. The lowest BCUT2D eigenvalue weighted by molar-refractivity contribution is -0.890. The highest BCUT2D eigenvalue weighted by Crippen LogP contribution is 2.26. The second-order valence-electron chi connectivity index (χ2n) is 6.79. The molecule has 0 bridgehead atoms. The smallest absolute Gasteiger partial charge is 0.230 e. The summed E-state index contributed by atoms with van der Waals surface area (Å²) < 4.78 is 7.24. The molecule has 2 aromatic carbocycles. The Labute approximate surface area is 175 Å². The van der Waals surface area contributed by atoms with Gasteiger partial charge in [-0.3, -0.25) is 9.36 Å². The summed E-state index contributed by atoms with van der Waals surface area (Å²) >= 11 is 1.35. The van der Waals surface area contributed by atoms with E-state index in [0.717, 1.165) is 11.4 Å². The monoisotopic (exact) mass is 412 g/mol. The molecule has 0 aliphatic rings. The SMILES string of the molecule is COc1ccccc1-n1cnnc1SCC(=O)NC[C@H](c1ccccc1)[NH+](C)C. The lowest BCUT2D eigenvalue weighted by atomic mass is 10.1. The highest BCUT2D eigenvalue weighted by molar-refractivity contribution is 7.99. The Morgan fingerprint density at radius 1 is 1.17 bits per heavy atom. The fraction of sp³-hybridized carbons (Fsp3) is 0.286. The van der Waals surface area contributed by atoms with Crippen LogP contribution in [0.5, 0.6) is 5.75 Å². The molecule has 0 spiro atoms. The minimum Gasteiger partial charge on any atom is -0.495 e. The second kappa shape index (κ2) is 10.1. The molecule has 0 fully saturated rings. The second-order valence-corrected chi connectivity index (χ2v) is 7.73. The number of carbonyl (C=O) groups is 1. The van der Waals surface area contributed by atoms with Gasteiger partial charge in [0.1, 0.15) is 18.1 Å². The zero-order chi connectivity index (χ0) is 20.6. The van der Waals surface area contributed by atoms with Crippen molar-refractivity contribution in [3.8, 4) is 11.4 Å². The minimum absolute atomic E-state index is 0.0354. The molecule has 152 valence electrons. The van der Waals surface area contributed by atoms with Crippen molar-refractivity contribution in [2.24, 2.45) is 0 Å². The molecule has 0 saturated carbocycles. The van der Waals surface area contributed by atoms with E-state index in [1.807, 2.05) is 47.0 Å². The van der Waals surface area contributed by atoms with Crippen LogP contribution in [0.3, 0.4) is 0 Å². The molecule has 3 aromatic rings. The Morgan fingerprint density at radius 2 is 1.90 bits per heavy atom. The summed E-state index contributed by atoms with van der Waals surface area (Å²) in [7, 11) is 5.81. The van der Waals surface area contributed by atoms with Gasteiger partial charge in [0, 0.05) is 5.56 Å². The van der Waals surface area contributed by atoms with Gasteiger partial charge >= 0.3 is 0 Å². The number of hydrogen-bond donors (Lipinski definition) is 2. The quantitative estimate of drug-likeness (QED) is 0.520. The van der Waals surface area contributed by atoms with E-state index >= 15 is 0 Å². The zero-order valence-electron chi connectivity index (χ0n) is 16.8. The van der Waals surface area contributed by atoms with Gasteiger partial charge in [0.15, 0.2) is 5.16 Å². The van der Waals surface area contributed by atoms with Crippen LogP contribution in [-0.2, 0) is 4.79 Å². The van der Waals surface area contributed by atoms with Crippen LogP contribution in [0.4, 0.5) is 0 Å². The number of nitrogens with zero attached hydrogens (tertiary/aromatic N) is 3. The lowest BCUT2D eigenvalue weighted by Gasteiger charge is -2.22. The van der Waals surface area contributed by atoms with Gasteiger partial charge in [-0.1, -0.05) is 54.2 Å². The molecule has 0 aliphatic heterocycles. The van der Waals surface area contributed by atoms with Crippen molar-refractivity contribution in [2.45, 2.75) is 11.2 Å². The highest BCUT2D eigenvalue weighted by Gasteiger charge is 2.19. The molecule has 8 heteroatoms. The number of nitrogens with one attached hydrogen (secondary N) is 2. The topological polar surface area (TPSA) is 73.5 Å². The average Bonchev–Trinajstić information content (AvgIpc) is 3.21. The summed E-state index contributed by atoms with van der Waals surface area (Å²) in [5.74, 6) is 0.947. The van der Waals surface area contributed by atoms with Crippen molar-refractivity contribution in [1.82, 2.24) is 20.1 Å². The molecule has 1 heterocycles. The molecule has 1 atom stereocenters. The Balaban J connectivity index is 1.60. The number of para-hydroxylation sites is 2. The number of rotatable bonds is 9. The van der Waals surface area contributed by atoms with E-state index in [0.29, 0.717) is 11.7 Å². The summed E-state index contributed by atoms with van der Waals surface area (Å²) in [5, 5.41) is 11.8.